The maximum absolute atomic E-state index is 13.8. The number of nitrogens with zero attached hydrogens (tertiary/aromatic N) is 2. The SMILES string of the molecule is CCCN(CCC)C(C)c1ccc(N2C(=O)Cc3cc(OC)c(O[C@H](C)CC)cc3C2c2ccc(Cl)cc2)cc1. The summed E-state index contributed by atoms with van der Waals surface area (Å²) in [5.41, 5.74) is 5.12. The van der Waals surface area contributed by atoms with Gasteiger partial charge in [-0.3, -0.25) is 9.69 Å². The van der Waals surface area contributed by atoms with Crippen LogP contribution in [0.15, 0.2) is 60.7 Å². The largest absolute Gasteiger partial charge is 0.493 e. The van der Waals surface area contributed by atoms with Crippen molar-refractivity contribution in [3.8, 4) is 11.5 Å². The van der Waals surface area contributed by atoms with Crippen LogP contribution in [-0.4, -0.2) is 37.1 Å². The lowest BCUT2D eigenvalue weighted by Crippen LogP contribution is -2.41. The van der Waals surface area contributed by atoms with Gasteiger partial charge in [-0.1, -0.05) is 56.6 Å². The second-order valence-corrected chi connectivity index (χ2v) is 11.2. The number of anilines is 1. The van der Waals surface area contributed by atoms with Gasteiger partial charge in [0.2, 0.25) is 5.91 Å². The molecule has 1 amide bonds. The standard InChI is InChI=1S/C34H43ClN2O3/c1-7-18-36(19-8-2)24(5)25-12-16-29(17-13-25)37-33(38)21-27-20-31(39-6)32(40-23(4)9-3)22-30(27)34(37)26-10-14-28(35)15-11-26/h10-17,20,22-24,34H,7-9,18-19,21H2,1-6H3/t23-,24?,34?/m1/s1. The average molecular weight is 563 g/mol. The Kier molecular flexibility index (Phi) is 10.2. The monoisotopic (exact) mass is 562 g/mol. The minimum atomic E-state index is -0.321. The van der Waals surface area contributed by atoms with Crippen LogP contribution in [0.25, 0.3) is 0 Å². The van der Waals surface area contributed by atoms with Crippen LogP contribution in [-0.2, 0) is 11.2 Å². The van der Waals surface area contributed by atoms with Crippen molar-refractivity contribution in [3.05, 3.63) is 87.9 Å². The molecule has 40 heavy (non-hydrogen) atoms. The van der Waals surface area contributed by atoms with E-state index in [0.29, 0.717) is 29.0 Å². The minimum absolute atomic E-state index is 0.0387. The van der Waals surface area contributed by atoms with Crippen LogP contribution in [0.2, 0.25) is 5.02 Å². The smallest absolute Gasteiger partial charge is 0.232 e. The Morgan fingerprint density at radius 1 is 0.950 bits per heavy atom. The number of rotatable bonds is 12. The van der Waals surface area contributed by atoms with Gasteiger partial charge in [0.05, 0.1) is 25.7 Å². The molecule has 1 heterocycles. The highest BCUT2D eigenvalue weighted by molar-refractivity contribution is 6.30. The first-order valence-corrected chi connectivity index (χ1v) is 15.0. The van der Waals surface area contributed by atoms with E-state index in [0.717, 1.165) is 54.7 Å². The molecule has 0 aromatic heterocycles. The number of carbonyl (C=O) groups is 1. The molecule has 3 aromatic carbocycles. The van der Waals surface area contributed by atoms with Crippen LogP contribution >= 0.6 is 11.6 Å². The van der Waals surface area contributed by atoms with E-state index >= 15 is 0 Å². The average Bonchev–Trinajstić information content (AvgIpc) is 2.96. The molecule has 0 aliphatic carbocycles. The fourth-order valence-electron chi connectivity index (χ4n) is 5.57. The van der Waals surface area contributed by atoms with Gasteiger partial charge in [-0.15, -0.1) is 0 Å². The summed E-state index contributed by atoms with van der Waals surface area (Å²) in [6.07, 6.45) is 3.46. The van der Waals surface area contributed by atoms with E-state index in [9.17, 15) is 4.79 Å². The Labute approximate surface area is 245 Å². The molecule has 214 valence electrons. The molecule has 4 rings (SSSR count). The van der Waals surface area contributed by atoms with E-state index in [1.807, 2.05) is 35.2 Å². The summed E-state index contributed by atoms with van der Waals surface area (Å²) in [4.78, 5) is 18.3. The van der Waals surface area contributed by atoms with Crippen molar-refractivity contribution < 1.29 is 14.3 Å². The Bertz CT molecular complexity index is 1270. The van der Waals surface area contributed by atoms with Crippen molar-refractivity contribution in [1.82, 2.24) is 4.90 Å². The molecule has 3 atom stereocenters. The highest BCUT2D eigenvalue weighted by Gasteiger charge is 2.36. The van der Waals surface area contributed by atoms with Gasteiger partial charge in [-0.25, -0.2) is 0 Å². The number of fused-ring (bicyclic) bond motifs is 1. The molecule has 2 unspecified atom stereocenters. The topological polar surface area (TPSA) is 42.0 Å². The molecule has 5 nitrogen and oxygen atoms in total. The molecule has 6 heteroatoms. The summed E-state index contributed by atoms with van der Waals surface area (Å²) in [6.45, 7) is 13.0. The van der Waals surface area contributed by atoms with Crippen LogP contribution in [0, 0.1) is 0 Å². The van der Waals surface area contributed by atoms with Gasteiger partial charge >= 0.3 is 0 Å². The Balaban J connectivity index is 1.78. The number of benzene rings is 3. The first-order chi connectivity index (χ1) is 19.3. The lowest BCUT2D eigenvalue weighted by Gasteiger charge is -2.38. The minimum Gasteiger partial charge on any atom is -0.493 e. The highest BCUT2D eigenvalue weighted by Crippen LogP contribution is 2.44. The van der Waals surface area contributed by atoms with Crippen LogP contribution < -0.4 is 14.4 Å². The van der Waals surface area contributed by atoms with Crippen LogP contribution in [0.1, 0.15) is 88.2 Å². The maximum Gasteiger partial charge on any atom is 0.232 e. The maximum atomic E-state index is 13.8. The number of carbonyl (C=O) groups excluding carboxylic acids is 1. The van der Waals surface area contributed by atoms with Gasteiger partial charge in [-0.05, 0) is 105 Å². The van der Waals surface area contributed by atoms with Crippen LogP contribution in [0.3, 0.4) is 0 Å². The van der Waals surface area contributed by atoms with Crippen LogP contribution in [0.4, 0.5) is 5.69 Å². The first-order valence-electron chi connectivity index (χ1n) is 14.6. The number of methoxy groups -OCH3 is 1. The number of hydrogen-bond donors (Lipinski definition) is 0. The third-order valence-electron chi connectivity index (χ3n) is 7.90. The number of ether oxygens (including phenoxy) is 2. The lowest BCUT2D eigenvalue weighted by molar-refractivity contribution is -0.118. The zero-order valence-corrected chi connectivity index (χ0v) is 25.5. The van der Waals surface area contributed by atoms with Crippen molar-refractivity contribution in [1.29, 1.82) is 0 Å². The number of amides is 1. The van der Waals surface area contributed by atoms with Gasteiger partial charge in [0.25, 0.3) is 0 Å². The summed E-state index contributed by atoms with van der Waals surface area (Å²) in [5, 5.41) is 0.662. The van der Waals surface area contributed by atoms with Gasteiger partial charge in [0, 0.05) is 16.8 Å². The Hall–Kier alpha value is -3.02. The molecule has 1 aliphatic heterocycles. The van der Waals surface area contributed by atoms with E-state index in [4.69, 9.17) is 21.1 Å². The van der Waals surface area contributed by atoms with Gasteiger partial charge in [-0.2, -0.15) is 0 Å². The fraction of sp³-hybridized carbons (Fsp3) is 0.441. The Morgan fingerprint density at radius 2 is 1.60 bits per heavy atom. The molecule has 0 radical (unpaired) electrons. The van der Waals surface area contributed by atoms with E-state index in [1.165, 1.54) is 5.56 Å². The van der Waals surface area contributed by atoms with Crippen molar-refractivity contribution in [3.63, 3.8) is 0 Å². The summed E-state index contributed by atoms with van der Waals surface area (Å²) in [5.74, 6) is 1.39. The quantitative estimate of drug-likeness (QED) is 0.222. The molecule has 1 aliphatic rings. The molecular weight excluding hydrogens is 520 g/mol. The van der Waals surface area contributed by atoms with Gasteiger partial charge < -0.3 is 14.4 Å². The van der Waals surface area contributed by atoms with Crippen molar-refractivity contribution >= 4 is 23.2 Å². The summed E-state index contributed by atoms with van der Waals surface area (Å²) >= 11 is 6.27. The zero-order valence-electron chi connectivity index (χ0n) is 24.7. The third-order valence-corrected chi connectivity index (χ3v) is 8.15. The van der Waals surface area contributed by atoms with E-state index < -0.39 is 0 Å². The van der Waals surface area contributed by atoms with Crippen molar-refractivity contribution in [2.45, 2.75) is 78.5 Å². The fourth-order valence-corrected chi connectivity index (χ4v) is 5.70. The third kappa shape index (κ3) is 6.47. The normalized spacial score (nSPS) is 16.6. The second kappa shape index (κ2) is 13.6. The van der Waals surface area contributed by atoms with Gasteiger partial charge in [0.15, 0.2) is 11.5 Å². The number of halogens is 1. The summed E-state index contributed by atoms with van der Waals surface area (Å²) < 4.78 is 12.0. The predicted molar refractivity (Wildman–Crippen MR) is 165 cm³/mol. The molecule has 0 spiro atoms. The van der Waals surface area contributed by atoms with Crippen LogP contribution in [0.5, 0.6) is 11.5 Å². The molecule has 0 N–H and O–H groups in total. The molecule has 3 aromatic rings. The molecular formula is C34H43ClN2O3. The van der Waals surface area contributed by atoms with E-state index in [2.05, 4.69) is 69.9 Å². The van der Waals surface area contributed by atoms with Crippen molar-refractivity contribution in [2.24, 2.45) is 0 Å². The van der Waals surface area contributed by atoms with E-state index in [1.54, 1.807) is 7.11 Å². The summed E-state index contributed by atoms with van der Waals surface area (Å²) in [6, 6.07) is 20.3. The first kappa shape index (κ1) is 30.0. The predicted octanol–water partition coefficient (Wildman–Crippen LogP) is 8.39. The Morgan fingerprint density at radius 3 is 2.17 bits per heavy atom. The molecule has 0 saturated carbocycles. The van der Waals surface area contributed by atoms with Gasteiger partial charge in [0.1, 0.15) is 0 Å². The van der Waals surface area contributed by atoms with Crippen molar-refractivity contribution in [2.75, 3.05) is 25.1 Å². The summed E-state index contributed by atoms with van der Waals surface area (Å²) in [7, 11) is 1.64. The lowest BCUT2D eigenvalue weighted by atomic mass is 9.86. The molecule has 0 saturated heterocycles. The second-order valence-electron chi connectivity index (χ2n) is 10.7. The number of hydrogen-bond acceptors (Lipinski definition) is 4. The molecule has 0 bridgehead atoms. The van der Waals surface area contributed by atoms with E-state index in [-0.39, 0.29) is 18.1 Å². The zero-order chi connectivity index (χ0) is 28.8. The molecule has 0 fully saturated rings. The highest BCUT2D eigenvalue weighted by atomic mass is 35.5.